The van der Waals surface area contributed by atoms with Crippen molar-refractivity contribution in [2.24, 2.45) is 11.7 Å². The summed E-state index contributed by atoms with van der Waals surface area (Å²) in [4.78, 5) is 11.7. The normalized spacial score (nSPS) is 12.3. The summed E-state index contributed by atoms with van der Waals surface area (Å²) in [5.74, 6) is 1.02. The fraction of sp³-hybridized carbons (Fsp3) is 0.357. The van der Waals surface area contributed by atoms with E-state index in [4.69, 9.17) is 18.0 Å². The topological polar surface area (TPSA) is 55.0 Å². The third-order valence-corrected chi connectivity index (χ3v) is 3.52. The van der Waals surface area contributed by atoms with Crippen LogP contribution in [0.1, 0.15) is 13.8 Å². The van der Waals surface area contributed by atoms with Crippen molar-refractivity contribution < 1.29 is 0 Å². The third kappa shape index (κ3) is 3.17. The van der Waals surface area contributed by atoms with Gasteiger partial charge < -0.3 is 10.6 Å². The molecular weight excluding hydrogens is 256 g/mol. The molecule has 0 aliphatic rings. The molecule has 0 fully saturated rings. The Hall–Kier alpha value is -1.75. The second-order valence-corrected chi connectivity index (χ2v) is 5.03. The third-order valence-electron chi connectivity index (χ3n) is 3.12. The average Bonchev–Trinajstić information content (AvgIpc) is 2.43. The van der Waals surface area contributed by atoms with Gasteiger partial charge in [0.25, 0.3) is 0 Å². The largest absolute Gasteiger partial charge is 0.393 e. The van der Waals surface area contributed by atoms with Crippen LogP contribution < -0.4 is 10.6 Å². The van der Waals surface area contributed by atoms with Crippen molar-refractivity contribution in [2.45, 2.75) is 13.8 Å². The standard InChI is InChI=1S/C14H18N4S/c1-3-18(9-10(2)14(15)19)13-8-16-11-6-4-5-7-12(11)17-13/h4-8,10H,3,9H2,1-2H3,(H2,15,19). The van der Waals surface area contributed by atoms with E-state index < -0.39 is 0 Å². The molecule has 19 heavy (non-hydrogen) atoms. The molecule has 2 aromatic rings. The van der Waals surface area contributed by atoms with Gasteiger partial charge in [-0.15, -0.1) is 0 Å². The van der Waals surface area contributed by atoms with Gasteiger partial charge in [0.15, 0.2) is 0 Å². The van der Waals surface area contributed by atoms with E-state index in [-0.39, 0.29) is 5.92 Å². The Bertz CT molecular complexity index is 584. The lowest BCUT2D eigenvalue weighted by Crippen LogP contribution is -2.34. The molecule has 1 aromatic heterocycles. The number of aromatic nitrogens is 2. The molecular formula is C14H18N4S. The van der Waals surface area contributed by atoms with E-state index in [1.807, 2.05) is 31.2 Å². The highest BCUT2D eigenvalue weighted by Gasteiger charge is 2.13. The molecule has 1 atom stereocenters. The first kappa shape index (κ1) is 13.7. The molecule has 5 heteroatoms. The fourth-order valence-electron chi connectivity index (χ4n) is 1.90. The molecule has 0 aliphatic carbocycles. The quantitative estimate of drug-likeness (QED) is 0.848. The first-order chi connectivity index (χ1) is 9.11. The van der Waals surface area contributed by atoms with E-state index in [1.165, 1.54) is 0 Å². The Kier molecular flexibility index (Phi) is 4.27. The van der Waals surface area contributed by atoms with Crippen LogP contribution in [0.4, 0.5) is 5.82 Å². The molecule has 1 heterocycles. The van der Waals surface area contributed by atoms with Gasteiger partial charge in [-0.25, -0.2) is 4.98 Å². The predicted octanol–water partition coefficient (Wildman–Crippen LogP) is 2.38. The van der Waals surface area contributed by atoms with Crippen LogP contribution in [-0.4, -0.2) is 28.0 Å². The van der Waals surface area contributed by atoms with Crippen LogP contribution >= 0.6 is 12.2 Å². The number of anilines is 1. The van der Waals surface area contributed by atoms with Gasteiger partial charge in [-0.2, -0.15) is 0 Å². The lowest BCUT2D eigenvalue weighted by atomic mass is 10.1. The van der Waals surface area contributed by atoms with Crippen molar-refractivity contribution in [1.29, 1.82) is 0 Å². The van der Waals surface area contributed by atoms with E-state index in [0.717, 1.165) is 29.9 Å². The zero-order chi connectivity index (χ0) is 13.8. The molecule has 0 saturated carbocycles. The Morgan fingerprint density at radius 1 is 1.37 bits per heavy atom. The summed E-state index contributed by atoms with van der Waals surface area (Å²) >= 11 is 5.03. The van der Waals surface area contributed by atoms with Crippen LogP contribution in [0.2, 0.25) is 0 Å². The molecule has 1 aromatic carbocycles. The molecule has 0 bridgehead atoms. The molecule has 4 nitrogen and oxygen atoms in total. The number of nitrogens with zero attached hydrogens (tertiary/aromatic N) is 3. The Balaban J connectivity index is 2.27. The van der Waals surface area contributed by atoms with Gasteiger partial charge in [-0.1, -0.05) is 31.3 Å². The van der Waals surface area contributed by atoms with Crippen LogP contribution in [-0.2, 0) is 0 Å². The van der Waals surface area contributed by atoms with Gasteiger partial charge >= 0.3 is 0 Å². The monoisotopic (exact) mass is 274 g/mol. The lowest BCUT2D eigenvalue weighted by Gasteiger charge is -2.24. The molecule has 0 saturated heterocycles. The molecule has 0 radical (unpaired) electrons. The summed E-state index contributed by atoms with van der Waals surface area (Å²) < 4.78 is 0. The van der Waals surface area contributed by atoms with Crippen LogP contribution in [0.25, 0.3) is 11.0 Å². The van der Waals surface area contributed by atoms with Crippen LogP contribution in [0, 0.1) is 5.92 Å². The summed E-state index contributed by atoms with van der Waals surface area (Å²) in [6.45, 7) is 5.72. The summed E-state index contributed by atoms with van der Waals surface area (Å²) in [6, 6.07) is 7.86. The van der Waals surface area contributed by atoms with Gasteiger partial charge in [0.2, 0.25) is 0 Å². The van der Waals surface area contributed by atoms with Crippen molar-refractivity contribution in [2.75, 3.05) is 18.0 Å². The predicted molar refractivity (Wildman–Crippen MR) is 83.4 cm³/mol. The molecule has 0 spiro atoms. The smallest absolute Gasteiger partial charge is 0.147 e. The van der Waals surface area contributed by atoms with E-state index in [9.17, 15) is 0 Å². The van der Waals surface area contributed by atoms with Crippen molar-refractivity contribution >= 4 is 34.1 Å². The van der Waals surface area contributed by atoms with Crippen LogP contribution in [0.15, 0.2) is 30.5 Å². The first-order valence-corrected chi connectivity index (χ1v) is 6.78. The van der Waals surface area contributed by atoms with Crippen LogP contribution in [0.5, 0.6) is 0 Å². The fourth-order valence-corrected chi connectivity index (χ4v) is 1.98. The van der Waals surface area contributed by atoms with Gasteiger partial charge in [-0.3, -0.25) is 4.98 Å². The Morgan fingerprint density at radius 2 is 2.05 bits per heavy atom. The number of hydrogen-bond donors (Lipinski definition) is 1. The Labute approximate surface area is 118 Å². The SMILES string of the molecule is CCN(CC(C)C(N)=S)c1cnc2ccccc2n1. The van der Waals surface area contributed by atoms with Crippen molar-refractivity contribution in [3.8, 4) is 0 Å². The Morgan fingerprint density at radius 3 is 2.68 bits per heavy atom. The van der Waals surface area contributed by atoms with Crippen molar-refractivity contribution in [1.82, 2.24) is 9.97 Å². The first-order valence-electron chi connectivity index (χ1n) is 6.38. The minimum Gasteiger partial charge on any atom is -0.393 e. The molecule has 0 aliphatic heterocycles. The lowest BCUT2D eigenvalue weighted by molar-refractivity contribution is 0.700. The minimum atomic E-state index is 0.156. The molecule has 1 unspecified atom stereocenters. The van der Waals surface area contributed by atoms with Gasteiger partial charge in [0, 0.05) is 19.0 Å². The number of benzene rings is 1. The van der Waals surface area contributed by atoms with Gasteiger partial charge in [0.1, 0.15) is 5.82 Å². The summed E-state index contributed by atoms with van der Waals surface area (Å²) in [5, 5.41) is 0. The number of nitrogens with two attached hydrogens (primary N) is 1. The maximum atomic E-state index is 5.68. The van der Waals surface area contributed by atoms with Crippen molar-refractivity contribution in [3.63, 3.8) is 0 Å². The molecule has 0 amide bonds. The molecule has 100 valence electrons. The minimum absolute atomic E-state index is 0.156. The van der Waals surface area contributed by atoms with Crippen LogP contribution in [0.3, 0.4) is 0 Å². The number of thiocarbonyl (C=S) groups is 1. The van der Waals surface area contributed by atoms with Crippen molar-refractivity contribution in [3.05, 3.63) is 30.5 Å². The van der Waals surface area contributed by atoms with E-state index >= 15 is 0 Å². The number of rotatable bonds is 5. The zero-order valence-corrected chi connectivity index (χ0v) is 12.0. The highest BCUT2D eigenvalue weighted by atomic mass is 32.1. The second-order valence-electron chi connectivity index (χ2n) is 4.56. The average molecular weight is 274 g/mol. The number of para-hydroxylation sites is 2. The van der Waals surface area contributed by atoms with E-state index in [1.54, 1.807) is 6.20 Å². The maximum Gasteiger partial charge on any atom is 0.147 e. The molecule has 2 N–H and O–H groups in total. The van der Waals surface area contributed by atoms with E-state index in [0.29, 0.717) is 4.99 Å². The van der Waals surface area contributed by atoms with E-state index in [2.05, 4.69) is 21.8 Å². The summed E-state index contributed by atoms with van der Waals surface area (Å²) in [6.07, 6.45) is 1.80. The highest BCUT2D eigenvalue weighted by molar-refractivity contribution is 7.80. The summed E-state index contributed by atoms with van der Waals surface area (Å²) in [5.41, 5.74) is 7.49. The zero-order valence-electron chi connectivity index (χ0n) is 11.2. The second kappa shape index (κ2) is 5.93. The highest BCUT2D eigenvalue weighted by Crippen LogP contribution is 2.16. The number of hydrogen-bond acceptors (Lipinski definition) is 4. The summed E-state index contributed by atoms with van der Waals surface area (Å²) in [7, 11) is 0. The molecule has 2 rings (SSSR count). The van der Waals surface area contributed by atoms with Gasteiger partial charge in [-0.05, 0) is 19.1 Å². The maximum absolute atomic E-state index is 5.68. The number of fused-ring (bicyclic) bond motifs is 1. The van der Waals surface area contributed by atoms with Gasteiger partial charge in [0.05, 0.1) is 22.2 Å².